The molecule has 1 aliphatic heterocycles. The number of hydrogen-bond donors (Lipinski definition) is 1. The highest BCUT2D eigenvalue weighted by Gasteiger charge is 2.35. The summed E-state index contributed by atoms with van der Waals surface area (Å²) in [4.78, 5) is 61.8. The molecular formula is C18H19N3O6. The summed E-state index contributed by atoms with van der Waals surface area (Å²) in [6.07, 6.45) is 1.43. The Morgan fingerprint density at radius 3 is 2.48 bits per heavy atom. The first kappa shape index (κ1) is 19.8. The summed E-state index contributed by atoms with van der Waals surface area (Å²) in [5.41, 5.74) is 0.322. The zero-order valence-corrected chi connectivity index (χ0v) is 15.0. The Bertz CT molecular complexity index is 830. The molecule has 0 aliphatic carbocycles. The number of ether oxygens (including phenoxy) is 1. The van der Waals surface area contributed by atoms with E-state index in [0.717, 1.165) is 4.90 Å². The summed E-state index contributed by atoms with van der Waals surface area (Å²) >= 11 is 0. The number of fused-ring (bicyclic) bond motifs is 1. The highest BCUT2D eigenvalue weighted by molar-refractivity contribution is 6.22. The maximum atomic E-state index is 12.2. The van der Waals surface area contributed by atoms with Crippen molar-refractivity contribution >= 4 is 29.6 Å². The Balaban J connectivity index is 1.98. The van der Waals surface area contributed by atoms with Gasteiger partial charge in [-0.1, -0.05) is 6.08 Å². The molecule has 0 saturated carbocycles. The van der Waals surface area contributed by atoms with Crippen molar-refractivity contribution in [2.75, 3.05) is 33.8 Å². The Kier molecular flexibility index (Phi) is 6.07. The van der Waals surface area contributed by atoms with Gasteiger partial charge >= 0.3 is 5.97 Å². The SMILES string of the molecule is C=CCN1C(=O)c2ccc(C(=O)OCC(=O)NCC(=O)N(C)C)cc2C1=O. The van der Waals surface area contributed by atoms with Crippen LogP contribution in [0.5, 0.6) is 0 Å². The summed E-state index contributed by atoms with van der Waals surface area (Å²) in [5.74, 6) is -2.75. The summed E-state index contributed by atoms with van der Waals surface area (Å²) in [6, 6.07) is 3.97. The molecule has 0 atom stereocenters. The van der Waals surface area contributed by atoms with E-state index in [1.54, 1.807) is 14.1 Å². The lowest BCUT2D eigenvalue weighted by Gasteiger charge is -2.11. The lowest BCUT2D eigenvalue weighted by atomic mass is 10.1. The van der Waals surface area contributed by atoms with Crippen molar-refractivity contribution in [2.24, 2.45) is 0 Å². The van der Waals surface area contributed by atoms with E-state index in [1.165, 1.54) is 29.2 Å². The second-order valence-corrected chi connectivity index (χ2v) is 5.91. The van der Waals surface area contributed by atoms with Crippen molar-refractivity contribution in [1.82, 2.24) is 15.1 Å². The Hall–Kier alpha value is -3.49. The third-order valence-electron chi connectivity index (χ3n) is 3.79. The fourth-order valence-electron chi connectivity index (χ4n) is 2.31. The highest BCUT2D eigenvalue weighted by Crippen LogP contribution is 2.24. The number of carbonyl (C=O) groups is 5. The highest BCUT2D eigenvalue weighted by atomic mass is 16.5. The minimum atomic E-state index is -0.825. The van der Waals surface area contributed by atoms with Crippen LogP contribution in [0.4, 0.5) is 0 Å². The molecule has 0 fully saturated rings. The van der Waals surface area contributed by atoms with Gasteiger partial charge in [-0.2, -0.15) is 0 Å². The Morgan fingerprint density at radius 2 is 1.85 bits per heavy atom. The average molecular weight is 373 g/mol. The van der Waals surface area contributed by atoms with Crippen LogP contribution in [0.2, 0.25) is 0 Å². The zero-order valence-electron chi connectivity index (χ0n) is 15.0. The van der Waals surface area contributed by atoms with Crippen molar-refractivity contribution in [3.63, 3.8) is 0 Å². The molecule has 9 nitrogen and oxygen atoms in total. The van der Waals surface area contributed by atoms with Crippen molar-refractivity contribution < 1.29 is 28.7 Å². The van der Waals surface area contributed by atoms with Gasteiger partial charge in [0.15, 0.2) is 6.61 Å². The molecule has 142 valence electrons. The third kappa shape index (κ3) is 4.38. The van der Waals surface area contributed by atoms with Gasteiger partial charge in [-0.3, -0.25) is 24.1 Å². The first-order valence-corrected chi connectivity index (χ1v) is 8.01. The minimum absolute atomic E-state index is 0.0347. The van der Waals surface area contributed by atoms with Crippen LogP contribution < -0.4 is 5.32 Å². The van der Waals surface area contributed by atoms with E-state index < -0.39 is 30.3 Å². The number of esters is 1. The van der Waals surface area contributed by atoms with Gasteiger partial charge in [0.2, 0.25) is 5.91 Å². The van der Waals surface area contributed by atoms with Crippen LogP contribution in [0.15, 0.2) is 30.9 Å². The van der Waals surface area contributed by atoms with E-state index in [1.807, 2.05) is 0 Å². The topological polar surface area (TPSA) is 113 Å². The van der Waals surface area contributed by atoms with E-state index in [-0.39, 0.29) is 35.7 Å². The Morgan fingerprint density at radius 1 is 1.19 bits per heavy atom. The normalized spacial score (nSPS) is 12.4. The summed E-state index contributed by atoms with van der Waals surface area (Å²) in [6.45, 7) is 2.78. The van der Waals surface area contributed by atoms with Crippen LogP contribution >= 0.6 is 0 Å². The molecule has 0 aromatic heterocycles. The molecule has 1 aromatic carbocycles. The van der Waals surface area contributed by atoms with Gasteiger partial charge in [0.25, 0.3) is 17.7 Å². The van der Waals surface area contributed by atoms with Gasteiger partial charge in [-0.05, 0) is 18.2 Å². The zero-order chi connectivity index (χ0) is 20.1. The molecule has 0 spiro atoms. The largest absolute Gasteiger partial charge is 0.452 e. The van der Waals surface area contributed by atoms with Gasteiger partial charge in [-0.15, -0.1) is 6.58 Å². The summed E-state index contributed by atoms with van der Waals surface area (Å²) in [7, 11) is 3.09. The predicted octanol–water partition coefficient (Wildman–Crippen LogP) is -0.170. The van der Waals surface area contributed by atoms with Crippen molar-refractivity contribution in [2.45, 2.75) is 0 Å². The van der Waals surface area contributed by atoms with Crippen LogP contribution in [-0.4, -0.2) is 73.2 Å². The molecule has 0 saturated heterocycles. The molecule has 2 rings (SSSR count). The number of amides is 4. The number of nitrogens with zero attached hydrogens (tertiary/aromatic N) is 2. The van der Waals surface area contributed by atoms with Gasteiger partial charge in [0, 0.05) is 20.6 Å². The number of rotatable bonds is 7. The van der Waals surface area contributed by atoms with Gasteiger partial charge in [0.1, 0.15) is 0 Å². The standard InChI is InChI=1S/C18H19N3O6/c1-4-7-21-16(24)12-6-5-11(8-13(12)17(21)25)18(26)27-10-14(22)19-9-15(23)20(2)3/h4-6,8H,1,7,9-10H2,2-3H3,(H,19,22). The van der Waals surface area contributed by atoms with Crippen molar-refractivity contribution in [3.8, 4) is 0 Å². The third-order valence-corrected chi connectivity index (χ3v) is 3.79. The molecule has 4 amide bonds. The Labute approximate surface area is 155 Å². The van der Waals surface area contributed by atoms with Gasteiger partial charge < -0.3 is 15.0 Å². The number of carbonyl (C=O) groups excluding carboxylic acids is 5. The van der Waals surface area contributed by atoms with E-state index in [9.17, 15) is 24.0 Å². The van der Waals surface area contributed by atoms with Crippen LogP contribution in [0.25, 0.3) is 0 Å². The molecule has 1 aromatic rings. The van der Waals surface area contributed by atoms with Gasteiger partial charge in [0.05, 0.1) is 23.2 Å². The summed E-state index contributed by atoms with van der Waals surface area (Å²) < 4.78 is 4.88. The van der Waals surface area contributed by atoms with E-state index in [2.05, 4.69) is 11.9 Å². The predicted molar refractivity (Wildman–Crippen MR) is 94.0 cm³/mol. The van der Waals surface area contributed by atoms with Crippen molar-refractivity contribution in [3.05, 3.63) is 47.5 Å². The molecule has 27 heavy (non-hydrogen) atoms. The maximum absolute atomic E-state index is 12.2. The first-order chi connectivity index (χ1) is 12.8. The fraction of sp³-hybridized carbons (Fsp3) is 0.278. The first-order valence-electron chi connectivity index (χ1n) is 8.01. The molecule has 1 aliphatic rings. The van der Waals surface area contributed by atoms with Crippen LogP contribution in [0.1, 0.15) is 31.1 Å². The second kappa shape index (κ2) is 8.26. The number of likely N-dealkylation sites (N-methyl/N-ethyl adjacent to an activating group) is 1. The molecule has 0 radical (unpaired) electrons. The second-order valence-electron chi connectivity index (χ2n) is 5.91. The molecular weight excluding hydrogens is 354 g/mol. The molecule has 1 heterocycles. The molecule has 9 heteroatoms. The number of nitrogens with one attached hydrogen (secondary N) is 1. The molecule has 1 N–H and O–H groups in total. The van der Waals surface area contributed by atoms with E-state index >= 15 is 0 Å². The summed E-state index contributed by atoms with van der Waals surface area (Å²) in [5, 5.41) is 2.32. The van der Waals surface area contributed by atoms with Crippen LogP contribution in [-0.2, 0) is 14.3 Å². The number of hydrogen-bond acceptors (Lipinski definition) is 6. The minimum Gasteiger partial charge on any atom is -0.452 e. The van der Waals surface area contributed by atoms with Gasteiger partial charge in [-0.25, -0.2) is 4.79 Å². The monoisotopic (exact) mass is 373 g/mol. The lowest BCUT2D eigenvalue weighted by molar-refractivity contribution is -0.131. The number of benzene rings is 1. The quantitative estimate of drug-likeness (QED) is 0.403. The maximum Gasteiger partial charge on any atom is 0.338 e. The lowest BCUT2D eigenvalue weighted by Crippen LogP contribution is -2.38. The molecule has 0 bridgehead atoms. The van der Waals surface area contributed by atoms with Crippen LogP contribution in [0, 0.1) is 0 Å². The smallest absolute Gasteiger partial charge is 0.338 e. The fourth-order valence-corrected chi connectivity index (χ4v) is 2.31. The van der Waals surface area contributed by atoms with E-state index in [0.29, 0.717) is 0 Å². The van der Waals surface area contributed by atoms with Crippen LogP contribution in [0.3, 0.4) is 0 Å². The van der Waals surface area contributed by atoms with Crippen molar-refractivity contribution in [1.29, 1.82) is 0 Å². The molecule has 0 unspecified atom stereocenters. The number of imide groups is 1. The average Bonchev–Trinajstić information content (AvgIpc) is 2.88. The van der Waals surface area contributed by atoms with E-state index in [4.69, 9.17) is 4.74 Å².